The second kappa shape index (κ2) is 12.3. The minimum atomic E-state index is -5.45. The van der Waals surface area contributed by atoms with Gasteiger partial charge in [-0.15, -0.1) is 0 Å². The summed E-state index contributed by atoms with van der Waals surface area (Å²) in [5.74, 6) is -3.40. The number of nitrogens with zero attached hydrogens (tertiary/aromatic N) is 1. The van der Waals surface area contributed by atoms with Gasteiger partial charge in [-0.25, -0.2) is 9.69 Å². The van der Waals surface area contributed by atoms with E-state index in [1.54, 1.807) is 79.7 Å². The summed E-state index contributed by atoms with van der Waals surface area (Å²) in [6.07, 6.45) is -8.36. The zero-order chi connectivity index (χ0) is 27.0. The molecule has 0 N–H and O–H groups in total. The van der Waals surface area contributed by atoms with E-state index in [2.05, 4.69) is 0 Å². The molecule has 0 aliphatic carbocycles. The van der Waals surface area contributed by atoms with Gasteiger partial charge >= 0.3 is 18.2 Å². The number of halogens is 3. The van der Waals surface area contributed by atoms with E-state index in [0.29, 0.717) is 16.7 Å². The van der Waals surface area contributed by atoms with Crippen LogP contribution in [0.2, 0.25) is 0 Å². The summed E-state index contributed by atoms with van der Waals surface area (Å²) in [5.41, 5.74) is 1.70. The molecule has 0 heterocycles. The van der Waals surface area contributed by atoms with Crippen LogP contribution in [0.25, 0.3) is 0 Å². The van der Waals surface area contributed by atoms with Gasteiger partial charge < -0.3 is 9.47 Å². The van der Waals surface area contributed by atoms with Gasteiger partial charge in [-0.05, 0) is 30.5 Å². The van der Waals surface area contributed by atoms with E-state index in [4.69, 9.17) is 9.47 Å². The molecular formula is C28H26F3NO5. The fourth-order valence-electron chi connectivity index (χ4n) is 3.69. The summed E-state index contributed by atoms with van der Waals surface area (Å²) < 4.78 is 51.9. The van der Waals surface area contributed by atoms with Crippen LogP contribution in [-0.4, -0.2) is 41.0 Å². The molecule has 9 heteroatoms. The van der Waals surface area contributed by atoms with Crippen LogP contribution in [0, 0.1) is 6.92 Å². The molecule has 37 heavy (non-hydrogen) atoms. The van der Waals surface area contributed by atoms with Gasteiger partial charge in [0.15, 0.2) is 5.78 Å². The number of hydrogen-bond acceptors (Lipinski definition) is 5. The van der Waals surface area contributed by atoms with Crippen molar-refractivity contribution in [3.63, 3.8) is 0 Å². The molecule has 3 aromatic rings. The second-order valence-electron chi connectivity index (χ2n) is 8.34. The molecule has 0 fully saturated rings. The van der Waals surface area contributed by atoms with Crippen LogP contribution in [0.15, 0.2) is 84.9 Å². The van der Waals surface area contributed by atoms with Crippen LogP contribution in [0.4, 0.5) is 18.0 Å². The van der Waals surface area contributed by atoms with Gasteiger partial charge in [0, 0.05) is 5.56 Å². The molecule has 194 valence electrons. The summed E-state index contributed by atoms with van der Waals surface area (Å²) in [6.45, 7) is 2.48. The van der Waals surface area contributed by atoms with Crippen molar-refractivity contribution < 1.29 is 37.0 Å². The number of aryl methyl sites for hydroxylation is 1. The standard InChI is InChI=1S/C28H26F3NO5/c1-19-11-9-10-16-23(19)25(33)24(20(2)36-17-21-12-5-3-6-13-21)32(26(34)28(29,30)31)27(35)37-18-22-14-7-4-8-15-22/h3-16,20,24H,17-18H2,1-2H3/t20-,24+/m1/s1. The molecule has 0 spiro atoms. The summed E-state index contributed by atoms with van der Waals surface area (Å²) in [5, 5.41) is 0. The second-order valence-corrected chi connectivity index (χ2v) is 8.34. The maximum absolute atomic E-state index is 13.7. The van der Waals surface area contributed by atoms with E-state index in [9.17, 15) is 27.6 Å². The molecule has 2 amide bonds. The predicted octanol–water partition coefficient (Wildman–Crippen LogP) is 5.88. The molecule has 0 saturated heterocycles. The average molecular weight is 514 g/mol. The van der Waals surface area contributed by atoms with Crippen LogP contribution in [0.3, 0.4) is 0 Å². The number of carbonyl (C=O) groups excluding carboxylic acids is 3. The number of carbonyl (C=O) groups is 3. The van der Waals surface area contributed by atoms with Crippen molar-refractivity contribution in [2.24, 2.45) is 0 Å². The van der Waals surface area contributed by atoms with Gasteiger partial charge in [-0.3, -0.25) is 9.59 Å². The highest BCUT2D eigenvalue weighted by Crippen LogP contribution is 2.26. The van der Waals surface area contributed by atoms with Gasteiger partial charge in [-0.1, -0.05) is 84.9 Å². The maximum Gasteiger partial charge on any atom is 0.471 e. The first-order valence-corrected chi connectivity index (χ1v) is 11.5. The van der Waals surface area contributed by atoms with Crippen molar-refractivity contribution in [2.75, 3.05) is 0 Å². The number of imide groups is 1. The summed E-state index contributed by atoms with van der Waals surface area (Å²) >= 11 is 0. The molecule has 6 nitrogen and oxygen atoms in total. The maximum atomic E-state index is 13.7. The highest BCUT2D eigenvalue weighted by atomic mass is 19.4. The molecule has 0 aliphatic heterocycles. The Balaban J connectivity index is 1.99. The molecule has 0 radical (unpaired) electrons. The van der Waals surface area contributed by atoms with Crippen molar-refractivity contribution >= 4 is 17.8 Å². The molecule has 0 aliphatic rings. The lowest BCUT2D eigenvalue weighted by molar-refractivity contribution is -0.186. The fourth-order valence-corrected chi connectivity index (χ4v) is 3.69. The van der Waals surface area contributed by atoms with Gasteiger partial charge in [0.25, 0.3) is 0 Å². The number of ketones is 1. The SMILES string of the molecule is Cc1ccccc1C(=O)[C@H]([C@@H](C)OCc1ccccc1)N(C(=O)OCc1ccccc1)C(=O)C(F)(F)F. The first-order chi connectivity index (χ1) is 17.6. The van der Waals surface area contributed by atoms with E-state index in [1.165, 1.54) is 19.1 Å². The fraction of sp³-hybridized carbons (Fsp3) is 0.250. The van der Waals surface area contributed by atoms with Crippen LogP contribution in [0.1, 0.15) is 34.0 Å². The minimum absolute atomic E-state index is 0.0542. The number of ether oxygens (including phenoxy) is 2. The first-order valence-electron chi connectivity index (χ1n) is 11.5. The van der Waals surface area contributed by atoms with E-state index >= 15 is 0 Å². The Kier molecular flexibility index (Phi) is 9.19. The van der Waals surface area contributed by atoms with Crippen molar-refractivity contribution in [1.82, 2.24) is 4.90 Å². The summed E-state index contributed by atoms with van der Waals surface area (Å²) in [4.78, 5) is 39.0. The Bertz CT molecular complexity index is 1220. The van der Waals surface area contributed by atoms with Crippen LogP contribution < -0.4 is 0 Å². The zero-order valence-electron chi connectivity index (χ0n) is 20.3. The summed E-state index contributed by atoms with van der Waals surface area (Å²) in [6, 6.07) is 21.3. The van der Waals surface area contributed by atoms with Gasteiger partial charge in [0.2, 0.25) is 0 Å². The normalized spacial score (nSPS) is 12.9. The van der Waals surface area contributed by atoms with E-state index < -0.39 is 42.7 Å². The molecule has 0 saturated carbocycles. The molecule has 3 aromatic carbocycles. The number of benzene rings is 3. The lowest BCUT2D eigenvalue weighted by atomic mass is 9.95. The number of hydrogen-bond donors (Lipinski definition) is 0. The van der Waals surface area contributed by atoms with Crippen LogP contribution in [0.5, 0.6) is 0 Å². The Hall–Kier alpha value is -3.98. The Morgan fingerprint density at radius 2 is 1.32 bits per heavy atom. The smallest absolute Gasteiger partial charge is 0.444 e. The lowest BCUT2D eigenvalue weighted by Gasteiger charge is -2.33. The molecule has 2 atom stereocenters. The van der Waals surface area contributed by atoms with E-state index in [0.717, 1.165) is 0 Å². The largest absolute Gasteiger partial charge is 0.471 e. The number of Topliss-reactive ketones (excluding diaryl/α,β-unsaturated/α-hetero) is 1. The Morgan fingerprint density at radius 3 is 1.86 bits per heavy atom. The monoisotopic (exact) mass is 513 g/mol. The van der Waals surface area contributed by atoms with Crippen molar-refractivity contribution in [2.45, 2.75) is 45.4 Å². The van der Waals surface area contributed by atoms with Gasteiger partial charge in [0.05, 0.1) is 12.7 Å². The molecular weight excluding hydrogens is 487 g/mol. The van der Waals surface area contributed by atoms with E-state index in [-0.39, 0.29) is 17.1 Å². The highest BCUT2D eigenvalue weighted by molar-refractivity contribution is 6.07. The zero-order valence-corrected chi connectivity index (χ0v) is 20.3. The Labute approximate surface area is 212 Å². The molecule has 3 rings (SSSR count). The molecule has 0 unspecified atom stereocenters. The van der Waals surface area contributed by atoms with Crippen LogP contribution >= 0.6 is 0 Å². The van der Waals surface area contributed by atoms with Gasteiger partial charge in [0.1, 0.15) is 12.6 Å². The molecule has 0 aromatic heterocycles. The number of alkyl halides is 3. The minimum Gasteiger partial charge on any atom is -0.444 e. The average Bonchev–Trinajstić information content (AvgIpc) is 2.89. The third-order valence-electron chi connectivity index (χ3n) is 5.62. The van der Waals surface area contributed by atoms with Crippen molar-refractivity contribution in [1.29, 1.82) is 0 Å². The lowest BCUT2D eigenvalue weighted by Crippen LogP contribution is -2.57. The quantitative estimate of drug-likeness (QED) is 0.334. The summed E-state index contributed by atoms with van der Waals surface area (Å²) in [7, 11) is 0. The Morgan fingerprint density at radius 1 is 0.811 bits per heavy atom. The van der Waals surface area contributed by atoms with Gasteiger partial charge in [-0.2, -0.15) is 13.2 Å². The van der Waals surface area contributed by atoms with E-state index in [1.807, 2.05) is 0 Å². The van der Waals surface area contributed by atoms with Crippen molar-refractivity contribution in [3.05, 3.63) is 107 Å². The predicted molar refractivity (Wildman–Crippen MR) is 130 cm³/mol. The van der Waals surface area contributed by atoms with Crippen molar-refractivity contribution in [3.8, 4) is 0 Å². The number of amides is 2. The third kappa shape index (κ3) is 7.27. The highest BCUT2D eigenvalue weighted by Gasteiger charge is 2.51. The third-order valence-corrected chi connectivity index (χ3v) is 5.62. The first kappa shape index (κ1) is 27.6. The molecule has 0 bridgehead atoms. The number of rotatable bonds is 9. The van der Waals surface area contributed by atoms with Crippen LogP contribution in [-0.2, 0) is 27.5 Å². The topological polar surface area (TPSA) is 72.9 Å².